The summed E-state index contributed by atoms with van der Waals surface area (Å²) in [5.41, 5.74) is 3.60. The highest BCUT2D eigenvalue weighted by atomic mass is 14.8. The third-order valence-electron chi connectivity index (χ3n) is 2.75. The second-order valence-corrected chi connectivity index (χ2v) is 4.04. The Morgan fingerprint density at radius 1 is 1.25 bits per heavy atom. The van der Waals surface area contributed by atoms with E-state index in [2.05, 4.69) is 48.4 Å². The van der Waals surface area contributed by atoms with Crippen LogP contribution in [-0.4, -0.2) is 18.1 Å². The van der Waals surface area contributed by atoms with Crippen LogP contribution in [-0.2, 0) is 6.42 Å². The number of aryl methyl sites for hydroxylation is 1. The Balaban J connectivity index is 2.34. The van der Waals surface area contributed by atoms with Crippen LogP contribution in [0.3, 0.4) is 0 Å². The molecule has 0 aliphatic rings. The van der Waals surface area contributed by atoms with Gasteiger partial charge in [0, 0.05) is 11.1 Å². The van der Waals surface area contributed by atoms with E-state index in [0.29, 0.717) is 0 Å². The number of benzene rings is 1. The van der Waals surface area contributed by atoms with E-state index in [1.165, 1.54) is 10.9 Å². The molecule has 2 nitrogen and oxygen atoms in total. The minimum absolute atomic E-state index is 1.03. The van der Waals surface area contributed by atoms with Crippen LogP contribution in [0.25, 0.3) is 10.9 Å². The van der Waals surface area contributed by atoms with Crippen molar-refractivity contribution in [3.63, 3.8) is 0 Å². The molecule has 0 saturated heterocycles. The first-order valence-corrected chi connectivity index (χ1v) is 5.87. The van der Waals surface area contributed by atoms with E-state index in [0.717, 1.165) is 30.7 Å². The maximum atomic E-state index is 4.54. The van der Waals surface area contributed by atoms with Gasteiger partial charge in [0.25, 0.3) is 0 Å². The van der Waals surface area contributed by atoms with Crippen molar-refractivity contribution >= 4 is 10.9 Å². The van der Waals surface area contributed by atoms with Gasteiger partial charge in [0.05, 0.1) is 5.52 Å². The Kier molecular flexibility index (Phi) is 3.52. The summed E-state index contributed by atoms with van der Waals surface area (Å²) in [7, 11) is 0. The van der Waals surface area contributed by atoms with E-state index in [9.17, 15) is 0 Å². The highest BCUT2D eigenvalue weighted by molar-refractivity contribution is 5.82. The number of nitrogens with zero attached hydrogens (tertiary/aromatic N) is 1. The average Bonchev–Trinajstić information content (AvgIpc) is 2.29. The van der Waals surface area contributed by atoms with Crippen LogP contribution in [0.4, 0.5) is 0 Å². The van der Waals surface area contributed by atoms with Crippen molar-refractivity contribution in [3.8, 4) is 0 Å². The van der Waals surface area contributed by atoms with Crippen molar-refractivity contribution < 1.29 is 0 Å². The quantitative estimate of drug-likeness (QED) is 0.791. The van der Waals surface area contributed by atoms with E-state index < -0.39 is 0 Å². The summed E-state index contributed by atoms with van der Waals surface area (Å²) in [5, 5.41) is 4.64. The first kappa shape index (κ1) is 11.1. The van der Waals surface area contributed by atoms with Crippen molar-refractivity contribution in [1.29, 1.82) is 0 Å². The summed E-state index contributed by atoms with van der Waals surface area (Å²) < 4.78 is 0. The number of rotatable bonds is 4. The lowest BCUT2D eigenvalue weighted by Crippen LogP contribution is -2.16. The zero-order valence-corrected chi connectivity index (χ0v) is 9.96. The lowest BCUT2D eigenvalue weighted by Gasteiger charge is -2.08. The number of aromatic nitrogens is 1. The average molecular weight is 214 g/mol. The molecule has 0 aliphatic carbocycles. The maximum absolute atomic E-state index is 4.54. The number of nitrogens with one attached hydrogen (secondary N) is 1. The van der Waals surface area contributed by atoms with Crippen molar-refractivity contribution in [2.75, 3.05) is 13.1 Å². The Bertz CT molecular complexity index is 477. The molecule has 0 saturated carbocycles. The number of hydrogen-bond donors (Lipinski definition) is 1. The predicted octanol–water partition coefficient (Wildman–Crippen LogP) is 2.70. The second kappa shape index (κ2) is 5.08. The molecular weight excluding hydrogens is 196 g/mol. The van der Waals surface area contributed by atoms with Gasteiger partial charge >= 0.3 is 0 Å². The molecule has 0 spiro atoms. The fourth-order valence-electron chi connectivity index (χ4n) is 2.00. The molecule has 0 bridgehead atoms. The molecular formula is C14H18N2. The van der Waals surface area contributed by atoms with Gasteiger partial charge < -0.3 is 5.32 Å². The van der Waals surface area contributed by atoms with Gasteiger partial charge in [0.1, 0.15) is 0 Å². The Morgan fingerprint density at radius 2 is 2.06 bits per heavy atom. The summed E-state index contributed by atoms with van der Waals surface area (Å²) >= 11 is 0. The Hall–Kier alpha value is -1.41. The van der Waals surface area contributed by atoms with E-state index in [1.807, 2.05) is 6.07 Å². The summed E-state index contributed by atoms with van der Waals surface area (Å²) in [6, 6.07) is 10.6. The normalized spacial score (nSPS) is 10.9. The van der Waals surface area contributed by atoms with Gasteiger partial charge in [0.2, 0.25) is 0 Å². The Labute approximate surface area is 96.7 Å². The molecule has 2 heteroatoms. The first-order chi connectivity index (χ1) is 7.81. The third-order valence-corrected chi connectivity index (χ3v) is 2.75. The molecule has 0 fully saturated rings. The smallest absolute Gasteiger partial charge is 0.0707 e. The van der Waals surface area contributed by atoms with Crippen LogP contribution in [0.1, 0.15) is 18.2 Å². The van der Waals surface area contributed by atoms with Crippen LogP contribution in [0.15, 0.2) is 30.3 Å². The molecule has 0 amide bonds. The first-order valence-electron chi connectivity index (χ1n) is 5.87. The van der Waals surface area contributed by atoms with Gasteiger partial charge in [0.15, 0.2) is 0 Å². The predicted molar refractivity (Wildman–Crippen MR) is 68.7 cm³/mol. The van der Waals surface area contributed by atoms with Gasteiger partial charge in [-0.05, 0) is 44.1 Å². The molecule has 84 valence electrons. The van der Waals surface area contributed by atoms with Crippen LogP contribution < -0.4 is 5.32 Å². The molecule has 1 heterocycles. The number of hydrogen-bond acceptors (Lipinski definition) is 2. The van der Waals surface area contributed by atoms with Gasteiger partial charge in [-0.1, -0.05) is 25.1 Å². The van der Waals surface area contributed by atoms with E-state index >= 15 is 0 Å². The Morgan fingerprint density at radius 3 is 2.88 bits per heavy atom. The zero-order chi connectivity index (χ0) is 11.4. The van der Waals surface area contributed by atoms with E-state index in [4.69, 9.17) is 0 Å². The molecule has 1 N–H and O–H groups in total. The van der Waals surface area contributed by atoms with Crippen LogP contribution >= 0.6 is 0 Å². The highest BCUT2D eigenvalue weighted by Gasteiger charge is 2.02. The minimum Gasteiger partial charge on any atom is -0.317 e. The van der Waals surface area contributed by atoms with Crippen molar-refractivity contribution in [3.05, 3.63) is 41.6 Å². The van der Waals surface area contributed by atoms with Gasteiger partial charge in [-0.15, -0.1) is 0 Å². The minimum atomic E-state index is 1.03. The molecule has 16 heavy (non-hydrogen) atoms. The molecule has 0 radical (unpaired) electrons. The molecule has 0 atom stereocenters. The van der Waals surface area contributed by atoms with Crippen LogP contribution in [0, 0.1) is 6.92 Å². The number of para-hydroxylation sites is 1. The fraction of sp³-hybridized carbons (Fsp3) is 0.357. The molecule has 0 aliphatic heterocycles. The monoisotopic (exact) mass is 214 g/mol. The van der Waals surface area contributed by atoms with E-state index in [1.54, 1.807) is 0 Å². The van der Waals surface area contributed by atoms with Gasteiger partial charge in [-0.2, -0.15) is 0 Å². The summed E-state index contributed by atoms with van der Waals surface area (Å²) in [6.45, 7) is 6.26. The number of fused-ring (bicyclic) bond motifs is 1. The SMILES string of the molecule is CCNCCc1cc(C)nc2ccccc12. The summed E-state index contributed by atoms with van der Waals surface area (Å²) in [5.74, 6) is 0. The maximum Gasteiger partial charge on any atom is 0.0707 e. The lowest BCUT2D eigenvalue weighted by atomic mass is 10.1. The van der Waals surface area contributed by atoms with Crippen molar-refractivity contribution in [1.82, 2.24) is 10.3 Å². The molecule has 1 aromatic carbocycles. The summed E-state index contributed by atoms with van der Waals surface area (Å²) in [4.78, 5) is 4.54. The molecule has 2 aromatic rings. The number of pyridine rings is 1. The van der Waals surface area contributed by atoms with Crippen molar-refractivity contribution in [2.45, 2.75) is 20.3 Å². The molecule has 2 rings (SSSR count). The van der Waals surface area contributed by atoms with Gasteiger partial charge in [-0.3, -0.25) is 4.98 Å². The molecule has 0 unspecified atom stereocenters. The van der Waals surface area contributed by atoms with Crippen LogP contribution in [0.5, 0.6) is 0 Å². The lowest BCUT2D eigenvalue weighted by molar-refractivity contribution is 0.718. The number of likely N-dealkylation sites (N-methyl/N-ethyl adjacent to an activating group) is 1. The largest absolute Gasteiger partial charge is 0.317 e. The van der Waals surface area contributed by atoms with Crippen molar-refractivity contribution in [2.24, 2.45) is 0 Å². The summed E-state index contributed by atoms with van der Waals surface area (Å²) in [6.07, 6.45) is 1.07. The molecule has 1 aromatic heterocycles. The topological polar surface area (TPSA) is 24.9 Å². The standard InChI is InChI=1S/C14H18N2/c1-3-15-9-8-12-10-11(2)16-14-7-5-4-6-13(12)14/h4-7,10,15H,3,8-9H2,1-2H3. The van der Waals surface area contributed by atoms with Crippen LogP contribution in [0.2, 0.25) is 0 Å². The fourth-order valence-corrected chi connectivity index (χ4v) is 2.00. The second-order valence-electron chi connectivity index (χ2n) is 4.04. The highest BCUT2D eigenvalue weighted by Crippen LogP contribution is 2.18. The zero-order valence-electron chi connectivity index (χ0n) is 9.96. The van der Waals surface area contributed by atoms with Gasteiger partial charge in [-0.25, -0.2) is 0 Å². The van der Waals surface area contributed by atoms with E-state index in [-0.39, 0.29) is 0 Å². The third kappa shape index (κ3) is 2.39.